The summed E-state index contributed by atoms with van der Waals surface area (Å²) in [5.74, 6) is 0.583. The van der Waals surface area contributed by atoms with E-state index < -0.39 is 0 Å². The van der Waals surface area contributed by atoms with Crippen molar-refractivity contribution >= 4 is 0 Å². The van der Waals surface area contributed by atoms with Gasteiger partial charge in [0.05, 0.1) is 0 Å². The van der Waals surface area contributed by atoms with Crippen molar-refractivity contribution in [3.05, 3.63) is 6.92 Å². The Kier molecular flexibility index (Phi) is 8.41. The molecule has 1 heteroatoms. The van der Waals surface area contributed by atoms with E-state index in [0.29, 0.717) is 5.92 Å². The summed E-state index contributed by atoms with van der Waals surface area (Å²) in [5.41, 5.74) is 0. The minimum absolute atomic E-state index is 0. The predicted octanol–water partition coefficient (Wildman–Crippen LogP) is -1.27. The van der Waals surface area contributed by atoms with Crippen LogP contribution in [0.3, 0.4) is 0 Å². The van der Waals surface area contributed by atoms with Crippen LogP contribution in [0.1, 0.15) is 15.3 Å². The van der Waals surface area contributed by atoms with Crippen LogP contribution in [-0.2, 0) is 0 Å². The van der Waals surface area contributed by atoms with Crippen molar-refractivity contribution in [2.24, 2.45) is 5.92 Å². The van der Waals surface area contributed by atoms with E-state index >= 15 is 0 Å². The summed E-state index contributed by atoms with van der Waals surface area (Å²) in [4.78, 5) is 0. The smallest absolute Gasteiger partial charge is 0.341 e. The molecule has 0 heterocycles. The van der Waals surface area contributed by atoms with Gasteiger partial charge in [-0.15, -0.1) is 0 Å². The molecule has 0 N–H and O–H groups in total. The molecule has 0 fully saturated rings. The normalized spacial score (nSPS) is 7.20. The van der Waals surface area contributed by atoms with E-state index in [1.165, 1.54) is 0 Å². The molecule has 0 aromatic rings. The average Bonchev–Trinajstić information content (AvgIpc) is 0.811. The van der Waals surface area contributed by atoms with Gasteiger partial charge in [0.2, 0.25) is 0 Å². The molecule has 0 aliphatic rings. The molecular formula is C4H11Li. The van der Waals surface area contributed by atoms with Gasteiger partial charge in [0.25, 0.3) is 0 Å². The van der Waals surface area contributed by atoms with Crippen LogP contribution in [0.2, 0.25) is 0 Å². The fourth-order valence-corrected chi connectivity index (χ4v) is 0. The zero-order valence-electron chi connectivity index (χ0n) is 4.28. The molecule has 5 heavy (non-hydrogen) atoms. The summed E-state index contributed by atoms with van der Waals surface area (Å²) in [6, 6.07) is 0. The largest absolute Gasteiger partial charge is 1.00 e. The molecular weight excluding hydrogens is 55.0 g/mol. The topological polar surface area (TPSA) is 0 Å². The summed E-state index contributed by atoms with van der Waals surface area (Å²) in [6.45, 7) is 7.75. The zero-order valence-corrected chi connectivity index (χ0v) is 4.28. The third-order valence-corrected chi connectivity index (χ3v) is 0. The van der Waals surface area contributed by atoms with Crippen LogP contribution >= 0.6 is 0 Å². The first kappa shape index (κ1) is 9.14. The van der Waals surface area contributed by atoms with Crippen LogP contribution in [0.25, 0.3) is 0 Å². The fraction of sp³-hybridized carbons (Fsp3) is 0.750. The summed E-state index contributed by atoms with van der Waals surface area (Å²) >= 11 is 0. The molecule has 0 saturated heterocycles. The SMILES string of the molecule is [CH2-]C(C)C.[HH].[Li+]. The molecule has 0 aromatic carbocycles. The van der Waals surface area contributed by atoms with Gasteiger partial charge in [0.1, 0.15) is 0 Å². The molecule has 0 rings (SSSR count). The van der Waals surface area contributed by atoms with Crippen LogP contribution in [0.5, 0.6) is 0 Å². The molecule has 0 aromatic heterocycles. The molecule has 0 aliphatic heterocycles. The van der Waals surface area contributed by atoms with Gasteiger partial charge in [-0.2, -0.15) is 5.92 Å². The summed E-state index contributed by atoms with van der Waals surface area (Å²) in [6.07, 6.45) is 0. The zero-order chi connectivity index (χ0) is 3.58. The van der Waals surface area contributed by atoms with Crippen molar-refractivity contribution in [1.82, 2.24) is 0 Å². The van der Waals surface area contributed by atoms with Crippen LogP contribution < -0.4 is 18.9 Å². The maximum Gasteiger partial charge on any atom is 1.00 e. The Morgan fingerprint density at radius 2 is 1.60 bits per heavy atom. The fourth-order valence-electron chi connectivity index (χ4n) is 0. The molecule has 0 saturated carbocycles. The van der Waals surface area contributed by atoms with Crippen LogP contribution in [0.15, 0.2) is 0 Å². The molecule has 0 unspecified atom stereocenters. The Hall–Kier alpha value is 0.597. The minimum Gasteiger partial charge on any atom is -0.341 e. The van der Waals surface area contributed by atoms with Gasteiger partial charge in [0, 0.05) is 1.43 Å². The molecule has 0 spiro atoms. The maximum absolute atomic E-state index is 3.64. The Morgan fingerprint density at radius 3 is 1.60 bits per heavy atom. The van der Waals surface area contributed by atoms with Crippen molar-refractivity contribution in [3.63, 3.8) is 0 Å². The second kappa shape index (κ2) is 4.60. The first-order valence-electron chi connectivity index (χ1n) is 1.56. The summed E-state index contributed by atoms with van der Waals surface area (Å²) in [5, 5.41) is 0. The van der Waals surface area contributed by atoms with Crippen LogP contribution in [0, 0.1) is 12.8 Å². The van der Waals surface area contributed by atoms with Gasteiger partial charge in [-0.3, -0.25) is 0 Å². The number of hydrogen-bond donors (Lipinski definition) is 0. The third-order valence-electron chi connectivity index (χ3n) is 0. The first-order valence-corrected chi connectivity index (χ1v) is 1.56. The maximum atomic E-state index is 3.64. The average molecular weight is 66.1 g/mol. The van der Waals surface area contributed by atoms with E-state index in [-0.39, 0.29) is 20.3 Å². The van der Waals surface area contributed by atoms with Gasteiger partial charge < -0.3 is 6.92 Å². The van der Waals surface area contributed by atoms with E-state index in [4.69, 9.17) is 0 Å². The van der Waals surface area contributed by atoms with Crippen molar-refractivity contribution < 1.29 is 20.3 Å². The second-order valence-corrected chi connectivity index (χ2v) is 1.39. The van der Waals surface area contributed by atoms with Gasteiger partial charge in [0.15, 0.2) is 0 Å². The first-order chi connectivity index (χ1) is 1.73. The molecule has 0 bridgehead atoms. The van der Waals surface area contributed by atoms with Gasteiger partial charge in [-0.25, -0.2) is 0 Å². The summed E-state index contributed by atoms with van der Waals surface area (Å²) < 4.78 is 0. The monoisotopic (exact) mass is 66.1 g/mol. The van der Waals surface area contributed by atoms with Gasteiger partial charge >= 0.3 is 18.9 Å². The minimum atomic E-state index is 0. The predicted molar refractivity (Wildman–Crippen MR) is 22.3 cm³/mol. The van der Waals surface area contributed by atoms with E-state index in [0.717, 1.165) is 0 Å². The van der Waals surface area contributed by atoms with E-state index in [2.05, 4.69) is 20.8 Å². The Balaban J connectivity index is -0.0000000450. The van der Waals surface area contributed by atoms with Crippen LogP contribution in [0.4, 0.5) is 0 Å². The number of rotatable bonds is 0. The number of hydrogen-bond acceptors (Lipinski definition) is 0. The van der Waals surface area contributed by atoms with Crippen molar-refractivity contribution in [2.75, 3.05) is 0 Å². The summed E-state index contributed by atoms with van der Waals surface area (Å²) in [7, 11) is 0. The van der Waals surface area contributed by atoms with Crippen LogP contribution in [-0.4, -0.2) is 0 Å². The Labute approximate surface area is 47.6 Å². The third kappa shape index (κ3) is 86.9. The Morgan fingerprint density at radius 1 is 1.60 bits per heavy atom. The Bertz CT molecular complexity index is 12.3. The molecule has 0 amide bonds. The van der Waals surface area contributed by atoms with Crippen molar-refractivity contribution in [2.45, 2.75) is 13.8 Å². The van der Waals surface area contributed by atoms with Crippen molar-refractivity contribution in [3.8, 4) is 0 Å². The van der Waals surface area contributed by atoms with Gasteiger partial charge in [-0.1, -0.05) is 13.8 Å². The second-order valence-electron chi connectivity index (χ2n) is 1.39. The quantitative estimate of drug-likeness (QED) is 0.244. The standard InChI is InChI=1S/C4H9.Li.H2/c1-4(2)3;;/h4H,1H2,2-3H3;;1H/q-1;+1;. The van der Waals surface area contributed by atoms with E-state index in [9.17, 15) is 0 Å². The van der Waals surface area contributed by atoms with Crippen molar-refractivity contribution in [1.29, 1.82) is 0 Å². The van der Waals surface area contributed by atoms with E-state index in [1.54, 1.807) is 0 Å². The molecule has 0 nitrogen and oxygen atoms in total. The molecule has 0 radical (unpaired) electrons. The molecule has 0 aliphatic carbocycles. The van der Waals surface area contributed by atoms with Gasteiger partial charge in [-0.05, 0) is 0 Å². The van der Waals surface area contributed by atoms with E-state index in [1.807, 2.05) is 0 Å². The molecule has 28 valence electrons. The molecule has 0 atom stereocenters.